The summed E-state index contributed by atoms with van der Waals surface area (Å²) in [4.78, 5) is 14.1. The zero-order valence-electron chi connectivity index (χ0n) is 13.9. The maximum Gasteiger partial charge on any atom is 0.249 e. The van der Waals surface area contributed by atoms with Gasteiger partial charge >= 0.3 is 0 Å². The van der Waals surface area contributed by atoms with Gasteiger partial charge in [-0.1, -0.05) is 12.1 Å². The fourth-order valence-corrected chi connectivity index (χ4v) is 5.12. The van der Waals surface area contributed by atoms with Crippen LogP contribution in [0.3, 0.4) is 0 Å². The van der Waals surface area contributed by atoms with Gasteiger partial charge in [-0.3, -0.25) is 4.79 Å². The summed E-state index contributed by atoms with van der Waals surface area (Å²) in [6.07, 6.45) is 1.00. The summed E-state index contributed by atoms with van der Waals surface area (Å²) in [6, 6.07) is 6.84. The molecule has 0 unspecified atom stereocenters. The van der Waals surface area contributed by atoms with Crippen LogP contribution in [-0.2, 0) is 21.2 Å². The Kier molecular flexibility index (Phi) is 5.69. The first-order valence-electron chi connectivity index (χ1n) is 8.14. The Morgan fingerprint density at radius 2 is 1.69 bits per heavy atom. The molecule has 0 radical (unpaired) electrons. The highest BCUT2D eigenvalue weighted by molar-refractivity contribution is 7.89. The van der Waals surface area contributed by atoms with Crippen LogP contribution in [0.5, 0.6) is 0 Å². The van der Waals surface area contributed by atoms with E-state index >= 15 is 0 Å². The molecule has 1 fully saturated rings. The summed E-state index contributed by atoms with van der Waals surface area (Å²) in [5, 5.41) is 1.95. The average molecular weight is 400 g/mol. The maximum atomic E-state index is 13.8. The predicted octanol–water partition coefficient (Wildman–Crippen LogP) is 2.49. The maximum absolute atomic E-state index is 13.8. The van der Waals surface area contributed by atoms with Gasteiger partial charge in [0.15, 0.2) is 4.90 Å². The number of sulfonamides is 1. The van der Waals surface area contributed by atoms with Gasteiger partial charge in [-0.05, 0) is 30.0 Å². The minimum atomic E-state index is -4.27. The number of nitrogens with zero attached hydrogens (tertiary/aromatic N) is 2. The van der Waals surface area contributed by atoms with E-state index in [1.54, 1.807) is 16.2 Å². The van der Waals surface area contributed by atoms with Gasteiger partial charge in [-0.2, -0.15) is 4.31 Å². The highest BCUT2D eigenvalue weighted by Gasteiger charge is 2.33. The van der Waals surface area contributed by atoms with Crippen molar-refractivity contribution in [3.63, 3.8) is 0 Å². The summed E-state index contributed by atoms with van der Waals surface area (Å²) in [6.45, 7) is 0.443. The second-order valence-electron chi connectivity index (χ2n) is 5.92. The predicted molar refractivity (Wildman–Crippen MR) is 94.3 cm³/mol. The molecular weight excluding hydrogens is 382 g/mol. The first-order chi connectivity index (χ1) is 12.4. The van der Waals surface area contributed by atoms with Gasteiger partial charge in [0, 0.05) is 37.5 Å². The van der Waals surface area contributed by atoms with Crippen molar-refractivity contribution < 1.29 is 22.0 Å². The number of carbonyl (C=O) groups excluding carboxylic acids is 1. The number of carbonyl (C=O) groups is 1. The van der Waals surface area contributed by atoms with E-state index in [0.29, 0.717) is 12.8 Å². The van der Waals surface area contributed by atoms with Crippen LogP contribution in [0.4, 0.5) is 8.78 Å². The molecule has 0 saturated carbocycles. The van der Waals surface area contributed by atoms with Crippen molar-refractivity contribution in [3.05, 3.63) is 52.2 Å². The minimum Gasteiger partial charge on any atom is -0.340 e. The van der Waals surface area contributed by atoms with E-state index in [0.717, 1.165) is 27.4 Å². The molecule has 5 nitrogen and oxygen atoms in total. The van der Waals surface area contributed by atoms with Crippen molar-refractivity contribution in [1.82, 2.24) is 9.21 Å². The zero-order valence-corrected chi connectivity index (χ0v) is 15.5. The fourth-order valence-electron chi connectivity index (χ4n) is 2.88. The van der Waals surface area contributed by atoms with Crippen LogP contribution in [0.2, 0.25) is 0 Å². The largest absolute Gasteiger partial charge is 0.340 e. The molecule has 1 aromatic heterocycles. The number of rotatable bonds is 5. The topological polar surface area (TPSA) is 57.7 Å². The van der Waals surface area contributed by atoms with E-state index in [1.165, 1.54) is 0 Å². The molecule has 0 atom stereocenters. The molecule has 1 aliphatic rings. The molecule has 3 rings (SSSR count). The first kappa shape index (κ1) is 18.9. The van der Waals surface area contributed by atoms with Gasteiger partial charge in [0.25, 0.3) is 0 Å². The molecule has 2 aromatic rings. The number of hydrogen-bond donors (Lipinski definition) is 0. The molecule has 0 aliphatic carbocycles. The molecule has 0 spiro atoms. The highest BCUT2D eigenvalue weighted by atomic mass is 32.2. The van der Waals surface area contributed by atoms with E-state index in [2.05, 4.69) is 0 Å². The highest BCUT2D eigenvalue weighted by Crippen LogP contribution is 2.23. The zero-order chi connectivity index (χ0) is 18.7. The molecule has 1 aromatic carbocycles. The van der Waals surface area contributed by atoms with Gasteiger partial charge < -0.3 is 4.90 Å². The van der Waals surface area contributed by atoms with Gasteiger partial charge in [0.05, 0.1) is 0 Å². The summed E-state index contributed by atoms with van der Waals surface area (Å²) in [5.41, 5.74) is 0. The van der Waals surface area contributed by atoms with Gasteiger partial charge in [0.1, 0.15) is 11.6 Å². The molecule has 0 bridgehead atoms. The molecule has 1 saturated heterocycles. The van der Waals surface area contributed by atoms with Crippen LogP contribution >= 0.6 is 11.3 Å². The first-order valence-corrected chi connectivity index (χ1v) is 10.5. The molecule has 0 N–H and O–H groups in total. The van der Waals surface area contributed by atoms with Gasteiger partial charge in [0.2, 0.25) is 15.9 Å². The third-order valence-corrected chi connectivity index (χ3v) is 7.16. The fraction of sp³-hybridized carbons (Fsp3) is 0.353. The Morgan fingerprint density at radius 3 is 2.27 bits per heavy atom. The molecule has 26 heavy (non-hydrogen) atoms. The van der Waals surface area contributed by atoms with Crippen molar-refractivity contribution in [2.24, 2.45) is 0 Å². The molecular formula is C17H18F2N2O3S2. The Labute approximate surface area is 154 Å². The standard InChI is InChI=1S/C17H18F2N2O3S2/c18-14-4-1-5-15(19)17(14)26(23,24)21-10-8-20(9-11-21)16(22)7-6-13-3-2-12-25-13/h1-5,12H,6-11H2. The van der Waals surface area contributed by atoms with E-state index in [4.69, 9.17) is 0 Å². The van der Waals surface area contributed by atoms with E-state index in [-0.39, 0.29) is 32.1 Å². The Morgan fingerprint density at radius 1 is 1.04 bits per heavy atom. The lowest BCUT2D eigenvalue weighted by Crippen LogP contribution is -2.50. The van der Waals surface area contributed by atoms with Gasteiger partial charge in [-0.15, -0.1) is 11.3 Å². The minimum absolute atomic E-state index is 0.0147. The van der Waals surface area contributed by atoms with Gasteiger partial charge in [-0.25, -0.2) is 17.2 Å². The smallest absolute Gasteiger partial charge is 0.249 e. The summed E-state index contributed by atoms with van der Waals surface area (Å²) in [5.74, 6) is -2.27. The molecule has 2 heterocycles. The number of thiophene rings is 1. The number of piperazine rings is 1. The van der Waals surface area contributed by atoms with Crippen molar-refractivity contribution in [2.45, 2.75) is 17.7 Å². The van der Waals surface area contributed by atoms with Crippen LogP contribution < -0.4 is 0 Å². The number of amides is 1. The van der Waals surface area contributed by atoms with E-state index in [1.807, 2.05) is 17.5 Å². The Hall–Kier alpha value is -1.84. The lowest BCUT2D eigenvalue weighted by molar-refractivity contribution is -0.132. The van der Waals surface area contributed by atoms with Crippen LogP contribution in [-0.4, -0.2) is 49.7 Å². The molecule has 1 amide bonds. The molecule has 9 heteroatoms. The third kappa shape index (κ3) is 3.94. The lowest BCUT2D eigenvalue weighted by atomic mass is 10.2. The number of halogens is 2. The number of benzene rings is 1. The SMILES string of the molecule is O=C(CCc1cccs1)N1CCN(S(=O)(=O)c2c(F)cccc2F)CC1. The Bertz CT molecular complexity index is 857. The van der Waals surface area contributed by atoms with Crippen molar-refractivity contribution in [2.75, 3.05) is 26.2 Å². The second-order valence-corrected chi connectivity index (χ2v) is 8.82. The monoisotopic (exact) mass is 400 g/mol. The normalized spacial score (nSPS) is 16.0. The Balaban J connectivity index is 1.62. The van der Waals surface area contributed by atoms with E-state index in [9.17, 15) is 22.0 Å². The van der Waals surface area contributed by atoms with Crippen LogP contribution in [0.25, 0.3) is 0 Å². The second kappa shape index (κ2) is 7.81. The third-order valence-electron chi connectivity index (χ3n) is 4.27. The summed E-state index contributed by atoms with van der Waals surface area (Å²) >= 11 is 1.59. The van der Waals surface area contributed by atoms with Crippen LogP contribution in [0.15, 0.2) is 40.6 Å². The molecule has 140 valence electrons. The lowest BCUT2D eigenvalue weighted by Gasteiger charge is -2.34. The summed E-state index contributed by atoms with van der Waals surface area (Å²) in [7, 11) is -4.27. The van der Waals surface area contributed by atoms with Crippen molar-refractivity contribution in [3.8, 4) is 0 Å². The quantitative estimate of drug-likeness (QED) is 0.775. The van der Waals surface area contributed by atoms with Crippen LogP contribution in [0, 0.1) is 11.6 Å². The molecule has 1 aliphatic heterocycles. The summed E-state index contributed by atoms with van der Waals surface area (Å²) < 4.78 is 53.7. The van der Waals surface area contributed by atoms with E-state index < -0.39 is 26.6 Å². The number of hydrogen-bond acceptors (Lipinski definition) is 4. The average Bonchev–Trinajstić information content (AvgIpc) is 3.13. The van der Waals surface area contributed by atoms with Crippen LogP contribution in [0.1, 0.15) is 11.3 Å². The number of aryl methyl sites for hydroxylation is 1. The van der Waals surface area contributed by atoms with Crippen molar-refractivity contribution >= 4 is 27.3 Å². The van der Waals surface area contributed by atoms with Crippen molar-refractivity contribution in [1.29, 1.82) is 0 Å².